The first-order valence-electron chi connectivity index (χ1n) is 5.95. The quantitative estimate of drug-likeness (QED) is 0.709. The van der Waals surface area contributed by atoms with Gasteiger partial charge in [0.1, 0.15) is 11.5 Å². The Morgan fingerprint density at radius 2 is 2.10 bits per heavy atom. The second-order valence-electron chi connectivity index (χ2n) is 4.16. The number of tetrazole rings is 1. The van der Waals surface area contributed by atoms with Crippen molar-refractivity contribution in [3.8, 4) is 0 Å². The van der Waals surface area contributed by atoms with E-state index < -0.39 is 5.91 Å². The molecule has 0 spiro atoms. The van der Waals surface area contributed by atoms with Gasteiger partial charge in [-0.1, -0.05) is 5.10 Å². The zero-order valence-corrected chi connectivity index (χ0v) is 10.1. The molecule has 3 rings (SSSR count). The third-order valence-electron chi connectivity index (χ3n) is 2.86. The molecule has 0 radical (unpaired) electrons. The van der Waals surface area contributed by atoms with Crippen LogP contribution < -0.4 is 10.2 Å². The van der Waals surface area contributed by atoms with E-state index in [4.69, 9.17) is 0 Å². The van der Waals surface area contributed by atoms with Crippen LogP contribution in [0.2, 0.25) is 0 Å². The van der Waals surface area contributed by atoms with Gasteiger partial charge in [0.25, 0.3) is 5.91 Å². The number of nitrogens with zero attached hydrogens (tertiary/aromatic N) is 6. The predicted octanol–water partition coefficient (Wildman–Crippen LogP) is -0.806. The Bertz CT molecular complexity index is 568. The molecular formula is C10H13N8NaO. The van der Waals surface area contributed by atoms with E-state index in [1.54, 1.807) is 6.20 Å². The number of carbonyl (C=O) groups excluding carboxylic acids is 1. The van der Waals surface area contributed by atoms with Gasteiger partial charge in [-0.3, -0.25) is 15.1 Å². The molecule has 9 nitrogen and oxygen atoms in total. The molecule has 2 aromatic heterocycles. The summed E-state index contributed by atoms with van der Waals surface area (Å²) in [5, 5.41) is 15.3. The fourth-order valence-electron chi connectivity index (χ4n) is 1.95. The van der Waals surface area contributed by atoms with Crippen LogP contribution >= 0.6 is 0 Å². The zero-order valence-electron chi connectivity index (χ0n) is 10.1. The molecule has 10 heteroatoms. The molecule has 2 N–H and O–H groups in total. The summed E-state index contributed by atoms with van der Waals surface area (Å²) >= 11 is 0. The van der Waals surface area contributed by atoms with Crippen molar-refractivity contribution in [1.29, 1.82) is 0 Å². The third kappa shape index (κ3) is 3.30. The van der Waals surface area contributed by atoms with E-state index in [2.05, 4.69) is 40.8 Å². The van der Waals surface area contributed by atoms with E-state index in [9.17, 15) is 4.79 Å². The van der Waals surface area contributed by atoms with E-state index in [0.717, 1.165) is 31.7 Å². The standard InChI is InChI=1S/C10H12N8O.Na.H/c19-9(13-10-14-16-17-15-10)7-5-11-6-8(12-7)18-3-1-2-4-18;;/h5-6H,1-4H2,(H2,13,14,15,16,17,19);;. The Hall–Kier alpha value is -1.58. The third-order valence-corrected chi connectivity index (χ3v) is 2.86. The fraction of sp³-hybridized carbons (Fsp3) is 0.400. The van der Waals surface area contributed by atoms with Crippen molar-refractivity contribution in [2.45, 2.75) is 12.8 Å². The molecule has 2 aromatic rings. The van der Waals surface area contributed by atoms with Crippen LogP contribution in [0.3, 0.4) is 0 Å². The minimum absolute atomic E-state index is 0. The molecule has 0 saturated carbocycles. The van der Waals surface area contributed by atoms with Crippen LogP contribution in [0, 0.1) is 0 Å². The van der Waals surface area contributed by atoms with E-state index in [1.165, 1.54) is 6.20 Å². The number of amides is 1. The van der Waals surface area contributed by atoms with Gasteiger partial charge in [-0.25, -0.2) is 10.1 Å². The monoisotopic (exact) mass is 284 g/mol. The molecule has 100 valence electrons. The van der Waals surface area contributed by atoms with Crippen LogP contribution in [-0.2, 0) is 0 Å². The van der Waals surface area contributed by atoms with Crippen molar-refractivity contribution in [2.24, 2.45) is 0 Å². The summed E-state index contributed by atoms with van der Waals surface area (Å²) in [5.74, 6) is 0.506. The number of carbonyl (C=O) groups is 1. The van der Waals surface area contributed by atoms with Gasteiger partial charge in [0.2, 0.25) is 5.95 Å². The minimum atomic E-state index is -0.396. The van der Waals surface area contributed by atoms with Gasteiger partial charge in [-0.2, -0.15) is 0 Å². The summed E-state index contributed by atoms with van der Waals surface area (Å²) in [6.07, 6.45) is 5.36. The van der Waals surface area contributed by atoms with Crippen LogP contribution in [0.15, 0.2) is 12.4 Å². The molecule has 1 amide bonds. The molecule has 0 atom stereocenters. The summed E-state index contributed by atoms with van der Waals surface area (Å²) in [7, 11) is 0. The topological polar surface area (TPSA) is 113 Å². The molecule has 0 aliphatic carbocycles. The SMILES string of the molecule is O=C(Nc1nnn[nH]1)c1cncc(N2CCCC2)n1.[NaH]. The maximum absolute atomic E-state index is 11.9. The first-order chi connectivity index (χ1) is 9.33. The van der Waals surface area contributed by atoms with Crippen molar-refractivity contribution in [3.63, 3.8) is 0 Å². The van der Waals surface area contributed by atoms with Gasteiger partial charge in [-0.05, 0) is 23.3 Å². The van der Waals surface area contributed by atoms with Crippen molar-refractivity contribution >= 4 is 47.2 Å². The summed E-state index contributed by atoms with van der Waals surface area (Å²) < 4.78 is 0. The molecule has 20 heavy (non-hydrogen) atoms. The van der Waals surface area contributed by atoms with Crippen LogP contribution in [0.4, 0.5) is 11.8 Å². The van der Waals surface area contributed by atoms with Crippen LogP contribution in [0.5, 0.6) is 0 Å². The number of rotatable bonds is 3. The maximum atomic E-state index is 11.9. The van der Waals surface area contributed by atoms with Gasteiger partial charge in [0.15, 0.2) is 0 Å². The Morgan fingerprint density at radius 1 is 1.30 bits per heavy atom. The molecular weight excluding hydrogens is 271 g/mol. The first-order valence-corrected chi connectivity index (χ1v) is 5.95. The second kappa shape index (κ2) is 6.73. The number of aromatic nitrogens is 6. The van der Waals surface area contributed by atoms with Crippen LogP contribution in [0.1, 0.15) is 23.3 Å². The summed E-state index contributed by atoms with van der Waals surface area (Å²) in [6, 6.07) is 0. The number of nitrogens with one attached hydrogen (secondary N) is 2. The molecule has 0 aromatic carbocycles. The van der Waals surface area contributed by atoms with Crippen molar-refractivity contribution in [3.05, 3.63) is 18.1 Å². The summed E-state index contributed by atoms with van der Waals surface area (Å²) in [5.41, 5.74) is 0.237. The second-order valence-corrected chi connectivity index (χ2v) is 4.16. The molecule has 1 saturated heterocycles. The van der Waals surface area contributed by atoms with Crippen molar-refractivity contribution in [1.82, 2.24) is 30.6 Å². The normalized spacial score (nSPS) is 13.9. The van der Waals surface area contributed by atoms with Gasteiger partial charge >= 0.3 is 29.6 Å². The van der Waals surface area contributed by atoms with Crippen molar-refractivity contribution in [2.75, 3.05) is 23.3 Å². The van der Waals surface area contributed by atoms with Crippen molar-refractivity contribution < 1.29 is 4.79 Å². The number of anilines is 2. The molecule has 0 bridgehead atoms. The Morgan fingerprint density at radius 3 is 2.80 bits per heavy atom. The molecule has 1 aliphatic heterocycles. The molecule has 1 aliphatic rings. The molecule has 0 unspecified atom stereocenters. The van der Waals surface area contributed by atoms with Crippen LogP contribution in [-0.4, -0.2) is 79.1 Å². The zero-order chi connectivity index (χ0) is 13.1. The first kappa shape index (κ1) is 14.8. The Labute approximate surface area is 136 Å². The van der Waals surface area contributed by atoms with E-state index in [-0.39, 0.29) is 41.2 Å². The van der Waals surface area contributed by atoms with Crippen LogP contribution in [0.25, 0.3) is 0 Å². The van der Waals surface area contributed by atoms with Gasteiger partial charge < -0.3 is 4.90 Å². The van der Waals surface area contributed by atoms with E-state index >= 15 is 0 Å². The number of hydrogen-bond acceptors (Lipinski definition) is 7. The summed E-state index contributed by atoms with van der Waals surface area (Å²) in [4.78, 5) is 22.4. The Balaban J connectivity index is 0.00000147. The average Bonchev–Trinajstić information content (AvgIpc) is 3.12. The molecule has 3 heterocycles. The van der Waals surface area contributed by atoms with E-state index in [0.29, 0.717) is 0 Å². The van der Waals surface area contributed by atoms with Gasteiger partial charge in [0, 0.05) is 13.1 Å². The average molecular weight is 284 g/mol. The van der Waals surface area contributed by atoms with Gasteiger partial charge in [0.05, 0.1) is 12.4 Å². The predicted molar refractivity (Wildman–Crippen MR) is 72.8 cm³/mol. The number of H-pyrrole nitrogens is 1. The Kier molecular flexibility index (Phi) is 4.99. The van der Waals surface area contributed by atoms with E-state index in [1.807, 2.05) is 0 Å². The molecule has 1 fully saturated rings. The fourth-order valence-corrected chi connectivity index (χ4v) is 1.95. The number of hydrogen-bond donors (Lipinski definition) is 2. The summed E-state index contributed by atoms with van der Waals surface area (Å²) in [6.45, 7) is 1.90. The number of aromatic amines is 1. The van der Waals surface area contributed by atoms with Gasteiger partial charge in [-0.15, -0.1) is 0 Å².